The van der Waals surface area contributed by atoms with Gasteiger partial charge in [0, 0.05) is 24.8 Å². The van der Waals surface area contributed by atoms with Crippen molar-refractivity contribution in [2.45, 2.75) is 13.1 Å². The zero-order chi connectivity index (χ0) is 18.5. The van der Waals surface area contributed by atoms with Gasteiger partial charge in [0.05, 0.1) is 24.1 Å². The van der Waals surface area contributed by atoms with E-state index in [-0.39, 0.29) is 5.82 Å². The highest BCUT2D eigenvalue weighted by Crippen LogP contribution is 2.34. The molecule has 0 atom stereocenters. The van der Waals surface area contributed by atoms with E-state index in [1.807, 2.05) is 18.2 Å². The van der Waals surface area contributed by atoms with E-state index in [4.69, 9.17) is 21.1 Å². The van der Waals surface area contributed by atoms with Crippen molar-refractivity contribution in [3.8, 4) is 21.9 Å². The molecule has 0 saturated heterocycles. The Bertz CT molecular complexity index is 881. The molecule has 0 aliphatic rings. The van der Waals surface area contributed by atoms with Crippen molar-refractivity contribution in [1.82, 2.24) is 10.3 Å². The monoisotopic (exact) mass is 392 g/mol. The summed E-state index contributed by atoms with van der Waals surface area (Å²) in [5.41, 5.74) is 1.47. The number of methoxy groups -OCH3 is 2. The normalized spacial score (nSPS) is 10.8. The van der Waals surface area contributed by atoms with Crippen LogP contribution >= 0.6 is 22.9 Å². The molecule has 0 unspecified atom stereocenters. The number of benzene rings is 2. The third-order valence-corrected chi connectivity index (χ3v) is 5.15. The predicted molar refractivity (Wildman–Crippen MR) is 103 cm³/mol. The number of nitrogens with one attached hydrogen (secondary N) is 1. The van der Waals surface area contributed by atoms with Gasteiger partial charge >= 0.3 is 0 Å². The molecule has 3 rings (SSSR count). The van der Waals surface area contributed by atoms with Crippen LogP contribution in [-0.4, -0.2) is 19.2 Å². The maximum Gasteiger partial charge on any atom is 0.161 e. The zero-order valence-corrected chi connectivity index (χ0v) is 16.0. The molecule has 26 heavy (non-hydrogen) atoms. The molecule has 0 saturated carbocycles. The Morgan fingerprint density at radius 1 is 1.12 bits per heavy atom. The minimum absolute atomic E-state index is 0.342. The summed E-state index contributed by atoms with van der Waals surface area (Å²) in [6.07, 6.45) is 1.66. The van der Waals surface area contributed by atoms with E-state index in [1.165, 1.54) is 17.4 Å². The van der Waals surface area contributed by atoms with Gasteiger partial charge in [-0.1, -0.05) is 23.7 Å². The van der Waals surface area contributed by atoms with Gasteiger partial charge in [0.1, 0.15) is 10.8 Å². The van der Waals surface area contributed by atoms with Crippen LogP contribution in [0.5, 0.6) is 11.5 Å². The van der Waals surface area contributed by atoms with Gasteiger partial charge in [0.15, 0.2) is 11.5 Å². The lowest BCUT2D eigenvalue weighted by Gasteiger charge is -2.09. The summed E-state index contributed by atoms with van der Waals surface area (Å²) in [5.74, 6) is 1.05. The first-order chi connectivity index (χ1) is 12.6. The van der Waals surface area contributed by atoms with Crippen molar-refractivity contribution in [3.63, 3.8) is 0 Å². The number of nitrogens with zero attached hydrogens (tertiary/aromatic N) is 1. The smallest absolute Gasteiger partial charge is 0.161 e. The Kier molecular flexibility index (Phi) is 6.08. The van der Waals surface area contributed by atoms with Crippen LogP contribution in [0, 0.1) is 5.82 Å². The number of ether oxygens (including phenoxy) is 2. The molecule has 1 N–H and O–H groups in total. The quantitative estimate of drug-likeness (QED) is 0.620. The maximum absolute atomic E-state index is 14.0. The molecule has 0 aliphatic heterocycles. The molecular weight excluding hydrogens is 375 g/mol. The van der Waals surface area contributed by atoms with E-state index in [2.05, 4.69) is 10.3 Å². The van der Waals surface area contributed by atoms with E-state index in [0.29, 0.717) is 35.2 Å². The topological polar surface area (TPSA) is 43.4 Å². The number of hydrogen-bond donors (Lipinski definition) is 1. The van der Waals surface area contributed by atoms with Gasteiger partial charge in [-0.2, -0.15) is 0 Å². The number of aromatic nitrogens is 1. The van der Waals surface area contributed by atoms with Gasteiger partial charge in [0.25, 0.3) is 0 Å². The molecule has 1 heterocycles. The Balaban J connectivity index is 1.64. The molecule has 4 nitrogen and oxygen atoms in total. The molecule has 2 aromatic carbocycles. The highest BCUT2D eigenvalue weighted by Gasteiger charge is 2.13. The first-order valence-electron chi connectivity index (χ1n) is 7.93. The van der Waals surface area contributed by atoms with Crippen LogP contribution in [-0.2, 0) is 13.1 Å². The SMILES string of the molecule is COc1ccc(CNCc2ncc(-c3c(F)cccc3Cl)s2)cc1OC. The van der Waals surface area contributed by atoms with Crippen molar-refractivity contribution < 1.29 is 13.9 Å². The van der Waals surface area contributed by atoms with Crippen LogP contribution in [0.15, 0.2) is 42.6 Å². The third-order valence-electron chi connectivity index (χ3n) is 3.82. The van der Waals surface area contributed by atoms with Gasteiger partial charge in [-0.25, -0.2) is 9.37 Å². The fraction of sp³-hybridized carbons (Fsp3) is 0.211. The van der Waals surface area contributed by atoms with Crippen LogP contribution in [0.3, 0.4) is 0 Å². The Morgan fingerprint density at radius 3 is 2.65 bits per heavy atom. The maximum atomic E-state index is 14.0. The van der Waals surface area contributed by atoms with Crippen LogP contribution in [0.4, 0.5) is 4.39 Å². The first kappa shape index (κ1) is 18.6. The summed E-state index contributed by atoms with van der Waals surface area (Å²) in [6.45, 7) is 1.22. The van der Waals surface area contributed by atoms with Gasteiger partial charge in [-0.3, -0.25) is 0 Å². The average molecular weight is 393 g/mol. The molecule has 0 aliphatic carbocycles. The molecule has 7 heteroatoms. The second-order valence-electron chi connectivity index (χ2n) is 5.51. The lowest BCUT2D eigenvalue weighted by molar-refractivity contribution is 0.354. The number of rotatable bonds is 7. The lowest BCUT2D eigenvalue weighted by atomic mass is 10.2. The van der Waals surface area contributed by atoms with E-state index < -0.39 is 0 Å². The molecule has 0 bridgehead atoms. The number of thiazole rings is 1. The molecule has 136 valence electrons. The fourth-order valence-corrected chi connectivity index (χ4v) is 3.81. The van der Waals surface area contributed by atoms with Crippen LogP contribution < -0.4 is 14.8 Å². The standard InChI is InChI=1S/C19H18ClFN2O2S/c1-24-15-7-6-12(8-16(15)25-2)9-22-11-18-23-10-17(26-18)19-13(20)4-3-5-14(19)21/h3-8,10,22H,9,11H2,1-2H3. The van der Waals surface area contributed by atoms with Crippen LogP contribution in [0.2, 0.25) is 5.02 Å². The summed E-state index contributed by atoms with van der Waals surface area (Å²) >= 11 is 7.53. The minimum Gasteiger partial charge on any atom is -0.493 e. The number of halogens is 2. The summed E-state index contributed by atoms with van der Waals surface area (Å²) in [5, 5.41) is 4.57. The molecule has 0 fully saturated rings. The zero-order valence-electron chi connectivity index (χ0n) is 14.4. The van der Waals surface area contributed by atoms with Gasteiger partial charge in [-0.05, 0) is 29.8 Å². The van der Waals surface area contributed by atoms with Crippen molar-refractivity contribution in [2.24, 2.45) is 0 Å². The van der Waals surface area contributed by atoms with Crippen molar-refractivity contribution in [3.05, 3.63) is 64.0 Å². The van der Waals surface area contributed by atoms with Gasteiger partial charge in [-0.15, -0.1) is 11.3 Å². The predicted octanol–water partition coefficient (Wildman–Crippen LogP) is 4.91. The molecule has 0 spiro atoms. The summed E-state index contributed by atoms with van der Waals surface area (Å²) in [6, 6.07) is 10.4. The Labute approximate surface area is 160 Å². The first-order valence-corrected chi connectivity index (χ1v) is 9.12. The van der Waals surface area contributed by atoms with Crippen LogP contribution in [0.1, 0.15) is 10.6 Å². The van der Waals surface area contributed by atoms with Crippen molar-refractivity contribution in [2.75, 3.05) is 14.2 Å². The van der Waals surface area contributed by atoms with E-state index in [0.717, 1.165) is 15.4 Å². The van der Waals surface area contributed by atoms with Gasteiger partial charge in [0.2, 0.25) is 0 Å². The van der Waals surface area contributed by atoms with Crippen molar-refractivity contribution in [1.29, 1.82) is 0 Å². The second kappa shape index (κ2) is 8.49. The fourth-order valence-electron chi connectivity index (χ4n) is 2.55. The highest BCUT2D eigenvalue weighted by molar-refractivity contribution is 7.15. The largest absolute Gasteiger partial charge is 0.493 e. The minimum atomic E-state index is -0.342. The van der Waals surface area contributed by atoms with E-state index in [1.54, 1.807) is 32.5 Å². The molecular formula is C19H18ClFN2O2S. The van der Waals surface area contributed by atoms with Crippen molar-refractivity contribution >= 4 is 22.9 Å². The summed E-state index contributed by atoms with van der Waals surface area (Å²) in [7, 11) is 3.22. The molecule has 0 radical (unpaired) electrons. The van der Waals surface area contributed by atoms with E-state index >= 15 is 0 Å². The number of hydrogen-bond acceptors (Lipinski definition) is 5. The average Bonchev–Trinajstić information content (AvgIpc) is 3.10. The molecule has 3 aromatic rings. The summed E-state index contributed by atoms with van der Waals surface area (Å²) in [4.78, 5) is 5.07. The molecule has 0 amide bonds. The molecule has 1 aromatic heterocycles. The Hall–Kier alpha value is -2.15. The summed E-state index contributed by atoms with van der Waals surface area (Å²) < 4.78 is 24.5. The second-order valence-corrected chi connectivity index (χ2v) is 7.03. The van der Waals surface area contributed by atoms with Crippen LogP contribution in [0.25, 0.3) is 10.4 Å². The van der Waals surface area contributed by atoms with Gasteiger partial charge < -0.3 is 14.8 Å². The third kappa shape index (κ3) is 4.15. The highest BCUT2D eigenvalue weighted by atomic mass is 35.5. The van der Waals surface area contributed by atoms with E-state index in [9.17, 15) is 4.39 Å². The Morgan fingerprint density at radius 2 is 1.92 bits per heavy atom. The lowest BCUT2D eigenvalue weighted by Crippen LogP contribution is -2.12.